The molecular weight excluding hydrogens is 348 g/mol. The Balaban J connectivity index is 1.42. The normalized spacial score (nSPS) is 15.2. The molecule has 3 aromatic rings. The molecule has 1 aliphatic heterocycles. The molecule has 1 fully saturated rings. The van der Waals surface area contributed by atoms with E-state index in [2.05, 4.69) is 4.98 Å². The first-order valence-electron chi connectivity index (χ1n) is 8.75. The van der Waals surface area contributed by atoms with E-state index in [-0.39, 0.29) is 12.0 Å². The number of hydrogen-bond acceptors (Lipinski definition) is 3. The van der Waals surface area contributed by atoms with Crippen LogP contribution in [0.4, 0.5) is 0 Å². The van der Waals surface area contributed by atoms with Crippen molar-refractivity contribution < 1.29 is 9.53 Å². The zero-order valence-electron chi connectivity index (χ0n) is 14.3. The van der Waals surface area contributed by atoms with Crippen LogP contribution >= 0.6 is 11.6 Å². The quantitative estimate of drug-likeness (QED) is 0.681. The lowest BCUT2D eigenvalue weighted by molar-refractivity contribution is 0.0597. The molecule has 0 saturated carbocycles. The van der Waals surface area contributed by atoms with Crippen molar-refractivity contribution in [3.05, 3.63) is 71.5 Å². The molecule has 0 atom stereocenters. The molecule has 0 radical (unpaired) electrons. The molecule has 1 amide bonds. The van der Waals surface area contributed by atoms with Crippen molar-refractivity contribution in [3.8, 4) is 5.75 Å². The number of pyridine rings is 1. The van der Waals surface area contributed by atoms with Gasteiger partial charge in [-0.2, -0.15) is 0 Å². The highest BCUT2D eigenvalue weighted by molar-refractivity contribution is 6.30. The van der Waals surface area contributed by atoms with Crippen LogP contribution in [0.5, 0.6) is 5.75 Å². The molecule has 1 aromatic heterocycles. The number of likely N-dealkylation sites (tertiary alicyclic amines) is 1. The Kier molecular flexibility index (Phi) is 4.76. The maximum absolute atomic E-state index is 12.9. The van der Waals surface area contributed by atoms with Gasteiger partial charge in [0.15, 0.2) is 0 Å². The molecule has 132 valence electrons. The van der Waals surface area contributed by atoms with Crippen LogP contribution in [0.1, 0.15) is 23.2 Å². The summed E-state index contributed by atoms with van der Waals surface area (Å²) >= 11 is 5.90. The molecule has 0 unspecified atom stereocenters. The van der Waals surface area contributed by atoms with E-state index in [4.69, 9.17) is 16.3 Å². The largest absolute Gasteiger partial charge is 0.490 e. The third-order valence-electron chi connectivity index (χ3n) is 4.74. The number of halogens is 1. The summed E-state index contributed by atoms with van der Waals surface area (Å²) in [6.07, 6.45) is 5.20. The second-order valence-corrected chi connectivity index (χ2v) is 6.91. The Hall–Kier alpha value is -2.59. The van der Waals surface area contributed by atoms with Crippen molar-refractivity contribution in [1.29, 1.82) is 0 Å². The summed E-state index contributed by atoms with van der Waals surface area (Å²) in [4.78, 5) is 19.1. The summed E-state index contributed by atoms with van der Waals surface area (Å²) in [7, 11) is 0. The second kappa shape index (κ2) is 7.34. The third-order valence-corrected chi connectivity index (χ3v) is 5.00. The van der Waals surface area contributed by atoms with Crippen molar-refractivity contribution >= 4 is 28.3 Å². The summed E-state index contributed by atoms with van der Waals surface area (Å²) in [5.74, 6) is 0.858. The first-order valence-corrected chi connectivity index (χ1v) is 9.13. The summed E-state index contributed by atoms with van der Waals surface area (Å²) in [5.41, 5.74) is 0.667. The molecule has 0 spiro atoms. The molecule has 26 heavy (non-hydrogen) atoms. The number of nitrogens with zero attached hydrogens (tertiary/aromatic N) is 2. The predicted molar refractivity (Wildman–Crippen MR) is 103 cm³/mol. The van der Waals surface area contributed by atoms with E-state index in [1.165, 1.54) is 0 Å². The summed E-state index contributed by atoms with van der Waals surface area (Å²) in [5, 5.41) is 2.63. The molecule has 2 heterocycles. The van der Waals surface area contributed by atoms with Crippen LogP contribution < -0.4 is 4.74 Å². The van der Waals surface area contributed by atoms with Crippen molar-refractivity contribution in [2.45, 2.75) is 18.9 Å². The van der Waals surface area contributed by atoms with Gasteiger partial charge in [-0.05, 0) is 29.7 Å². The van der Waals surface area contributed by atoms with Gasteiger partial charge in [-0.25, -0.2) is 0 Å². The maximum Gasteiger partial charge on any atom is 0.256 e. The highest BCUT2D eigenvalue weighted by atomic mass is 35.5. The lowest BCUT2D eigenvalue weighted by Gasteiger charge is -2.32. The molecule has 5 heteroatoms. The number of amides is 1. The van der Waals surface area contributed by atoms with E-state index in [0.717, 1.165) is 29.4 Å². The van der Waals surface area contributed by atoms with E-state index in [1.807, 2.05) is 53.4 Å². The van der Waals surface area contributed by atoms with Crippen molar-refractivity contribution in [2.24, 2.45) is 0 Å². The van der Waals surface area contributed by atoms with E-state index >= 15 is 0 Å². The molecule has 2 aromatic carbocycles. The molecule has 4 nitrogen and oxygen atoms in total. The molecule has 0 bridgehead atoms. The van der Waals surface area contributed by atoms with Gasteiger partial charge in [-0.3, -0.25) is 9.78 Å². The van der Waals surface area contributed by atoms with E-state index < -0.39 is 0 Å². The van der Waals surface area contributed by atoms with Gasteiger partial charge < -0.3 is 9.64 Å². The first kappa shape index (κ1) is 16.9. The van der Waals surface area contributed by atoms with Gasteiger partial charge in [-0.1, -0.05) is 35.9 Å². The van der Waals surface area contributed by atoms with E-state index in [1.54, 1.807) is 12.4 Å². The average Bonchev–Trinajstić information content (AvgIpc) is 2.69. The smallest absolute Gasteiger partial charge is 0.256 e. The van der Waals surface area contributed by atoms with E-state index in [0.29, 0.717) is 23.7 Å². The van der Waals surface area contributed by atoms with Crippen LogP contribution in [0.25, 0.3) is 10.8 Å². The molecule has 0 aliphatic carbocycles. The van der Waals surface area contributed by atoms with Crippen LogP contribution in [0.2, 0.25) is 5.02 Å². The Morgan fingerprint density at radius 3 is 2.54 bits per heavy atom. The SMILES string of the molecule is O=C(c1cncc2ccccc12)N1CCC(Oc2ccc(Cl)cc2)CC1. The molecule has 1 saturated heterocycles. The summed E-state index contributed by atoms with van der Waals surface area (Å²) in [6.45, 7) is 1.36. The topological polar surface area (TPSA) is 42.4 Å². The standard InChI is InChI=1S/C21H19ClN2O2/c22-16-5-7-17(8-6-16)26-18-9-11-24(12-10-18)21(25)20-14-23-13-15-3-1-2-4-19(15)20/h1-8,13-14,18H,9-12H2. The fraction of sp³-hybridized carbons (Fsp3) is 0.238. The predicted octanol–water partition coefficient (Wildman–Crippen LogP) is 4.57. The number of rotatable bonds is 3. The van der Waals surface area contributed by atoms with Gasteiger partial charge in [0.05, 0.1) is 5.56 Å². The highest BCUT2D eigenvalue weighted by Gasteiger charge is 2.25. The van der Waals surface area contributed by atoms with E-state index in [9.17, 15) is 4.79 Å². The fourth-order valence-electron chi connectivity index (χ4n) is 3.34. The van der Waals surface area contributed by atoms with Gasteiger partial charge >= 0.3 is 0 Å². The Bertz CT molecular complexity index is 913. The number of carbonyl (C=O) groups is 1. The molecule has 1 aliphatic rings. The minimum Gasteiger partial charge on any atom is -0.490 e. The van der Waals surface area contributed by atoms with Gasteiger partial charge in [0, 0.05) is 48.7 Å². The minimum atomic E-state index is 0.0410. The Morgan fingerprint density at radius 2 is 1.77 bits per heavy atom. The van der Waals surface area contributed by atoms with Gasteiger partial charge in [0.2, 0.25) is 0 Å². The van der Waals surface area contributed by atoms with Crippen LogP contribution in [-0.4, -0.2) is 35.0 Å². The van der Waals surface area contributed by atoms with Crippen LogP contribution in [-0.2, 0) is 0 Å². The van der Waals surface area contributed by atoms with Crippen LogP contribution in [0.15, 0.2) is 60.9 Å². The Labute approximate surface area is 157 Å². The average molecular weight is 367 g/mol. The number of carbonyl (C=O) groups excluding carboxylic acids is 1. The number of hydrogen-bond donors (Lipinski definition) is 0. The number of fused-ring (bicyclic) bond motifs is 1. The Morgan fingerprint density at radius 1 is 1.04 bits per heavy atom. The van der Waals surface area contributed by atoms with Crippen LogP contribution in [0, 0.1) is 0 Å². The third kappa shape index (κ3) is 3.51. The number of benzene rings is 2. The second-order valence-electron chi connectivity index (χ2n) is 6.47. The molecule has 0 N–H and O–H groups in total. The highest BCUT2D eigenvalue weighted by Crippen LogP contribution is 2.23. The molecule has 4 rings (SSSR count). The van der Waals surface area contributed by atoms with Gasteiger partial charge in [0.1, 0.15) is 11.9 Å². The summed E-state index contributed by atoms with van der Waals surface area (Å²) in [6, 6.07) is 15.3. The van der Waals surface area contributed by atoms with Crippen molar-refractivity contribution in [3.63, 3.8) is 0 Å². The number of aromatic nitrogens is 1. The van der Waals surface area contributed by atoms with Crippen molar-refractivity contribution in [2.75, 3.05) is 13.1 Å². The zero-order chi connectivity index (χ0) is 17.9. The summed E-state index contributed by atoms with van der Waals surface area (Å²) < 4.78 is 6.01. The van der Waals surface area contributed by atoms with Gasteiger partial charge in [-0.15, -0.1) is 0 Å². The fourth-order valence-corrected chi connectivity index (χ4v) is 3.47. The first-order chi connectivity index (χ1) is 12.7. The van der Waals surface area contributed by atoms with Crippen molar-refractivity contribution in [1.82, 2.24) is 9.88 Å². The maximum atomic E-state index is 12.9. The number of ether oxygens (including phenoxy) is 1. The lowest BCUT2D eigenvalue weighted by atomic mass is 10.0. The monoisotopic (exact) mass is 366 g/mol. The molecular formula is C21H19ClN2O2. The lowest BCUT2D eigenvalue weighted by Crippen LogP contribution is -2.41. The number of piperidine rings is 1. The minimum absolute atomic E-state index is 0.0410. The van der Waals surface area contributed by atoms with Crippen LogP contribution in [0.3, 0.4) is 0 Å². The van der Waals surface area contributed by atoms with Gasteiger partial charge in [0.25, 0.3) is 5.91 Å². The zero-order valence-corrected chi connectivity index (χ0v) is 15.0.